The molecule has 8 nitrogen and oxygen atoms in total. The molecule has 2 heterocycles. The molecule has 0 bridgehead atoms. The molecule has 8 heteroatoms. The number of hydrogen-bond acceptors (Lipinski definition) is 5. The summed E-state index contributed by atoms with van der Waals surface area (Å²) in [5, 5.41) is 8.05. The Labute approximate surface area is 152 Å². The molecule has 0 unspecified atom stereocenters. The minimum atomic E-state index is -0.0238. The molecule has 138 valence electrons. The van der Waals surface area contributed by atoms with Crippen LogP contribution in [0.5, 0.6) is 5.75 Å². The smallest absolute Gasteiger partial charge is 0.244 e. The van der Waals surface area contributed by atoms with Crippen LogP contribution in [0.3, 0.4) is 0 Å². The lowest BCUT2D eigenvalue weighted by Crippen LogP contribution is -2.50. The fourth-order valence-electron chi connectivity index (χ4n) is 2.85. The molecule has 0 saturated carbocycles. The van der Waals surface area contributed by atoms with E-state index >= 15 is 0 Å². The minimum absolute atomic E-state index is 0.0238. The van der Waals surface area contributed by atoms with Crippen LogP contribution in [0.1, 0.15) is 18.2 Å². The van der Waals surface area contributed by atoms with Gasteiger partial charge in [-0.15, -0.1) is 5.10 Å². The number of amides is 2. The topological polar surface area (TPSA) is 80.6 Å². The summed E-state index contributed by atoms with van der Waals surface area (Å²) in [6.45, 7) is 6.25. The third kappa shape index (κ3) is 4.59. The van der Waals surface area contributed by atoms with E-state index < -0.39 is 0 Å². The van der Waals surface area contributed by atoms with E-state index in [2.05, 4.69) is 10.3 Å². The van der Waals surface area contributed by atoms with Gasteiger partial charge in [0.15, 0.2) is 0 Å². The van der Waals surface area contributed by atoms with Gasteiger partial charge in [0.1, 0.15) is 24.6 Å². The van der Waals surface area contributed by atoms with Gasteiger partial charge in [-0.2, -0.15) is 0 Å². The maximum absolute atomic E-state index is 12.4. The lowest BCUT2D eigenvalue weighted by Gasteiger charge is -2.34. The molecule has 3 rings (SSSR count). The number of ether oxygens (including phenoxy) is 1. The summed E-state index contributed by atoms with van der Waals surface area (Å²) in [6.07, 6.45) is 1.72. The summed E-state index contributed by atoms with van der Waals surface area (Å²) in [5.74, 6) is 0.801. The lowest BCUT2D eigenvalue weighted by atomic mass is 10.2. The van der Waals surface area contributed by atoms with Crippen molar-refractivity contribution in [3.8, 4) is 5.75 Å². The summed E-state index contributed by atoms with van der Waals surface area (Å²) in [4.78, 5) is 27.2. The molecule has 0 radical (unpaired) electrons. The number of nitrogens with zero attached hydrogens (tertiary/aromatic N) is 5. The number of piperazine rings is 1. The molecule has 1 aliphatic rings. The van der Waals surface area contributed by atoms with Gasteiger partial charge in [0.05, 0.1) is 6.20 Å². The molecule has 26 heavy (non-hydrogen) atoms. The Balaban J connectivity index is 1.49. The largest absolute Gasteiger partial charge is 0.487 e. The molecule has 0 aliphatic carbocycles. The predicted molar refractivity (Wildman–Crippen MR) is 94.4 cm³/mol. The molecule has 0 N–H and O–H groups in total. The molecule has 1 fully saturated rings. The maximum atomic E-state index is 12.4. The first-order valence-electron chi connectivity index (χ1n) is 8.63. The minimum Gasteiger partial charge on any atom is -0.487 e. The van der Waals surface area contributed by atoms with Crippen molar-refractivity contribution < 1.29 is 14.3 Å². The Morgan fingerprint density at radius 1 is 1.15 bits per heavy atom. The first kappa shape index (κ1) is 17.9. The average molecular weight is 357 g/mol. The van der Waals surface area contributed by atoms with E-state index in [9.17, 15) is 9.59 Å². The summed E-state index contributed by atoms with van der Waals surface area (Å²) in [5.41, 5.74) is 1.79. The molecule has 2 amide bonds. The molecule has 0 spiro atoms. The second-order valence-electron chi connectivity index (χ2n) is 6.40. The highest BCUT2D eigenvalue weighted by Crippen LogP contribution is 2.13. The summed E-state index contributed by atoms with van der Waals surface area (Å²) in [7, 11) is 0. The van der Waals surface area contributed by atoms with Crippen molar-refractivity contribution in [2.45, 2.75) is 27.0 Å². The highest BCUT2D eigenvalue weighted by Gasteiger charge is 2.22. The zero-order valence-corrected chi connectivity index (χ0v) is 15.1. The fourth-order valence-corrected chi connectivity index (χ4v) is 2.85. The quantitative estimate of drug-likeness (QED) is 0.793. The van der Waals surface area contributed by atoms with E-state index in [0.717, 1.165) is 11.3 Å². The molecule has 1 aromatic carbocycles. The number of aromatic nitrogens is 3. The van der Waals surface area contributed by atoms with Crippen molar-refractivity contribution in [1.29, 1.82) is 0 Å². The van der Waals surface area contributed by atoms with Crippen LogP contribution in [-0.4, -0.2) is 62.8 Å². The normalized spacial score (nSPS) is 14.4. The summed E-state index contributed by atoms with van der Waals surface area (Å²) >= 11 is 0. The van der Waals surface area contributed by atoms with E-state index in [1.54, 1.807) is 22.9 Å². The van der Waals surface area contributed by atoms with Gasteiger partial charge in [-0.25, -0.2) is 4.68 Å². The zero-order chi connectivity index (χ0) is 18.5. The number of rotatable bonds is 5. The third-order valence-corrected chi connectivity index (χ3v) is 4.34. The van der Waals surface area contributed by atoms with Crippen molar-refractivity contribution in [2.75, 3.05) is 26.2 Å². The van der Waals surface area contributed by atoms with E-state index in [0.29, 0.717) is 38.5 Å². The number of carbonyl (C=O) groups excluding carboxylic acids is 2. The van der Waals surface area contributed by atoms with Gasteiger partial charge in [-0.1, -0.05) is 17.3 Å². The molecule has 0 atom stereocenters. The number of hydrogen-bond donors (Lipinski definition) is 0. The van der Waals surface area contributed by atoms with E-state index in [4.69, 9.17) is 4.74 Å². The van der Waals surface area contributed by atoms with E-state index in [-0.39, 0.29) is 18.4 Å². The monoisotopic (exact) mass is 357 g/mol. The lowest BCUT2D eigenvalue weighted by molar-refractivity contribution is -0.138. The first-order chi connectivity index (χ1) is 12.5. The summed E-state index contributed by atoms with van der Waals surface area (Å²) in [6, 6.07) is 7.79. The average Bonchev–Trinajstić information content (AvgIpc) is 3.07. The number of benzene rings is 1. The fraction of sp³-hybridized carbons (Fsp3) is 0.444. The molecule has 2 aromatic rings. The third-order valence-electron chi connectivity index (χ3n) is 4.34. The molecule has 1 aliphatic heterocycles. The van der Waals surface area contributed by atoms with Gasteiger partial charge in [-0.05, 0) is 24.6 Å². The highest BCUT2D eigenvalue weighted by molar-refractivity contribution is 5.77. The Morgan fingerprint density at radius 3 is 2.58 bits per heavy atom. The molecular formula is C18H23N5O3. The van der Waals surface area contributed by atoms with Crippen LogP contribution in [0, 0.1) is 6.92 Å². The predicted octanol–water partition coefficient (Wildman–Crippen LogP) is 0.856. The van der Waals surface area contributed by atoms with Crippen molar-refractivity contribution in [3.63, 3.8) is 0 Å². The van der Waals surface area contributed by atoms with Crippen molar-refractivity contribution in [2.24, 2.45) is 0 Å². The van der Waals surface area contributed by atoms with Crippen molar-refractivity contribution >= 4 is 11.8 Å². The standard InChI is InChI=1S/C18H23N5O3/c1-14-4-3-5-17(10-14)26-13-16-11-23(20-19-16)12-18(25)22-8-6-21(7-9-22)15(2)24/h3-5,10-11H,6-9,12-13H2,1-2H3. The second kappa shape index (κ2) is 7.99. The van der Waals surface area contributed by atoms with E-state index in [1.807, 2.05) is 31.2 Å². The van der Waals surface area contributed by atoms with Gasteiger partial charge < -0.3 is 14.5 Å². The van der Waals surface area contributed by atoms with Gasteiger partial charge in [0, 0.05) is 33.1 Å². The second-order valence-corrected chi connectivity index (χ2v) is 6.40. The zero-order valence-electron chi connectivity index (χ0n) is 15.1. The van der Waals surface area contributed by atoms with Crippen LogP contribution < -0.4 is 4.74 Å². The highest BCUT2D eigenvalue weighted by atomic mass is 16.5. The van der Waals surface area contributed by atoms with Crippen LogP contribution in [0.15, 0.2) is 30.5 Å². The molecular weight excluding hydrogens is 334 g/mol. The van der Waals surface area contributed by atoms with Crippen LogP contribution in [0.2, 0.25) is 0 Å². The first-order valence-corrected chi connectivity index (χ1v) is 8.63. The maximum Gasteiger partial charge on any atom is 0.244 e. The SMILES string of the molecule is CC(=O)N1CCN(C(=O)Cn2cc(COc3cccc(C)c3)nn2)CC1. The van der Waals surface area contributed by atoms with Gasteiger partial charge in [-0.3, -0.25) is 9.59 Å². The molecule has 1 aromatic heterocycles. The Hall–Kier alpha value is -2.90. The molecule has 1 saturated heterocycles. The van der Waals surface area contributed by atoms with Crippen LogP contribution in [-0.2, 0) is 22.7 Å². The van der Waals surface area contributed by atoms with Crippen molar-refractivity contribution in [1.82, 2.24) is 24.8 Å². The van der Waals surface area contributed by atoms with Gasteiger partial charge in [0.25, 0.3) is 0 Å². The van der Waals surface area contributed by atoms with Crippen LogP contribution in [0.25, 0.3) is 0 Å². The van der Waals surface area contributed by atoms with Crippen LogP contribution >= 0.6 is 0 Å². The van der Waals surface area contributed by atoms with E-state index in [1.165, 1.54) is 4.68 Å². The Morgan fingerprint density at radius 2 is 1.88 bits per heavy atom. The number of aryl methyl sites for hydroxylation is 1. The van der Waals surface area contributed by atoms with Crippen LogP contribution in [0.4, 0.5) is 0 Å². The Bertz CT molecular complexity index is 781. The Kier molecular flexibility index (Phi) is 5.50. The van der Waals surface area contributed by atoms with Crippen molar-refractivity contribution in [3.05, 3.63) is 41.7 Å². The van der Waals surface area contributed by atoms with Gasteiger partial charge >= 0.3 is 0 Å². The van der Waals surface area contributed by atoms with Gasteiger partial charge in [0.2, 0.25) is 11.8 Å². The summed E-state index contributed by atoms with van der Waals surface area (Å²) < 4.78 is 7.22. The number of carbonyl (C=O) groups is 2.